The number of hydrogen-bond donors (Lipinski definition) is 2. The van der Waals surface area contributed by atoms with Gasteiger partial charge in [0.15, 0.2) is 0 Å². The third kappa shape index (κ3) is 5.56. The minimum atomic E-state index is -0.290. The van der Waals surface area contributed by atoms with Crippen molar-refractivity contribution in [1.29, 1.82) is 5.26 Å². The monoisotopic (exact) mass is 382 g/mol. The van der Waals surface area contributed by atoms with Crippen molar-refractivity contribution in [3.63, 3.8) is 0 Å². The van der Waals surface area contributed by atoms with Gasteiger partial charge in [-0.3, -0.25) is 9.59 Å². The zero-order valence-corrected chi connectivity index (χ0v) is 16.7. The molecule has 6 nitrogen and oxygen atoms in total. The molecule has 0 spiro atoms. The Kier molecular flexibility index (Phi) is 6.97. The highest BCUT2D eigenvalue weighted by molar-refractivity contribution is 8.00. The summed E-state index contributed by atoms with van der Waals surface area (Å²) in [6.45, 7) is 7.41. The van der Waals surface area contributed by atoms with E-state index in [0.29, 0.717) is 10.6 Å². The normalized spacial score (nSPS) is 10.2. The summed E-state index contributed by atoms with van der Waals surface area (Å²) in [4.78, 5) is 28.5. The maximum absolute atomic E-state index is 12.1. The molecule has 2 rings (SSSR count). The minimum Gasteiger partial charge on any atom is -0.346 e. The summed E-state index contributed by atoms with van der Waals surface area (Å²) < 4.78 is 0. The van der Waals surface area contributed by atoms with Gasteiger partial charge >= 0.3 is 0 Å². The second kappa shape index (κ2) is 9.19. The fraction of sp³-hybridized carbons (Fsp3) is 0.300. The molecule has 0 unspecified atom stereocenters. The summed E-state index contributed by atoms with van der Waals surface area (Å²) in [5.41, 5.74) is 4.81. The molecule has 27 heavy (non-hydrogen) atoms. The molecule has 2 aromatic rings. The van der Waals surface area contributed by atoms with E-state index in [1.165, 1.54) is 11.8 Å². The fourth-order valence-electron chi connectivity index (χ4n) is 2.60. The van der Waals surface area contributed by atoms with E-state index < -0.39 is 0 Å². The number of nitriles is 1. The number of nitrogens with zero attached hydrogens (tertiary/aromatic N) is 2. The van der Waals surface area contributed by atoms with Crippen LogP contribution in [-0.4, -0.2) is 29.1 Å². The van der Waals surface area contributed by atoms with Gasteiger partial charge in [0.05, 0.1) is 17.9 Å². The Morgan fingerprint density at radius 3 is 2.41 bits per heavy atom. The van der Waals surface area contributed by atoms with Crippen LogP contribution in [0.25, 0.3) is 0 Å². The molecule has 2 amide bonds. The van der Waals surface area contributed by atoms with Crippen LogP contribution in [0.4, 0.5) is 5.69 Å². The molecule has 1 heterocycles. The molecule has 0 aliphatic carbocycles. The van der Waals surface area contributed by atoms with Gasteiger partial charge in [-0.05, 0) is 50.5 Å². The Hall–Kier alpha value is -2.85. The van der Waals surface area contributed by atoms with Gasteiger partial charge in [0.25, 0.3) is 0 Å². The lowest BCUT2D eigenvalue weighted by Crippen LogP contribution is -2.34. The molecule has 0 saturated carbocycles. The summed E-state index contributed by atoms with van der Waals surface area (Å²) in [6.07, 6.45) is 0. The Labute approximate surface area is 163 Å². The maximum atomic E-state index is 12.1. The van der Waals surface area contributed by atoms with Crippen LogP contribution in [0.3, 0.4) is 0 Å². The van der Waals surface area contributed by atoms with E-state index in [4.69, 9.17) is 0 Å². The van der Waals surface area contributed by atoms with Crippen molar-refractivity contribution in [1.82, 2.24) is 10.3 Å². The van der Waals surface area contributed by atoms with E-state index in [1.807, 2.05) is 52.0 Å². The molecule has 1 aromatic heterocycles. The number of aryl methyl sites for hydroxylation is 4. The zero-order chi connectivity index (χ0) is 20.0. The second-order valence-corrected chi connectivity index (χ2v) is 7.22. The van der Waals surface area contributed by atoms with E-state index in [2.05, 4.69) is 21.7 Å². The predicted octanol–water partition coefficient (Wildman–Crippen LogP) is 3.03. The predicted molar refractivity (Wildman–Crippen MR) is 107 cm³/mol. The van der Waals surface area contributed by atoms with Crippen molar-refractivity contribution in [2.75, 3.05) is 17.6 Å². The van der Waals surface area contributed by atoms with Crippen molar-refractivity contribution < 1.29 is 9.59 Å². The second-order valence-electron chi connectivity index (χ2n) is 6.25. The largest absolute Gasteiger partial charge is 0.346 e. The topological polar surface area (TPSA) is 94.9 Å². The Morgan fingerprint density at radius 1 is 1.11 bits per heavy atom. The number of benzene rings is 1. The van der Waals surface area contributed by atoms with E-state index in [0.717, 1.165) is 28.1 Å². The zero-order valence-electron chi connectivity index (χ0n) is 15.8. The number of amides is 2. The number of para-hydroxylation sites is 1. The molecule has 2 N–H and O–H groups in total. The number of nitrogens with one attached hydrogen (secondary N) is 2. The lowest BCUT2D eigenvalue weighted by Gasteiger charge is -2.12. The van der Waals surface area contributed by atoms with Crippen LogP contribution in [0.1, 0.15) is 27.9 Å². The van der Waals surface area contributed by atoms with Crippen molar-refractivity contribution >= 4 is 29.3 Å². The lowest BCUT2D eigenvalue weighted by molar-refractivity contribution is -0.122. The van der Waals surface area contributed by atoms with Crippen LogP contribution >= 0.6 is 11.8 Å². The van der Waals surface area contributed by atoms with Gasteiger partial charge in [-0.1, -0.05) is 30.0 Å². The summed E-state index contributed by atoms with van der Waals surface area (Å²) in [6, 6.07) is 9.72. The summed E-state index contributed by atoms with van der Waals surface area (Å²) in [5.74, 6) is -0.490. The third-order valence-electron chi connectivity index (χ3n) is 3.95. The standard InChI is InChI=1S/C20H22N4O2S/c1-12-6-5-7-13(2)19(12)24-17(25)10-22-18(26)11-27-20-16(9-21)14(3)8-15(4)23-20/h5-8H,10-11H2,1-4H3,(H,22,26)(H,24,25). The SMILES string of the molecule is Cc1cc(C)c(C#N)c(SCC(=O)NCC(=O)Nc2c(C)cccc2C)n1. The number of thioether (sulfide) groups is 1. The molecular formula is C20H22N4O2S. The molecule has 0 atom stereocenters. The highest BCUT2D eigenvalue weighted by Gasteiger charge is 2.13. The van der Waals surface area contributed by atoms with E-state index >= 15 is 0 Å². The van der Waals surface area contributed by atoms with Crippen molar-refractivity contribution in [2.45, 2.75) is 32.7 Å². The highest BCUT2D eigenvalue weighted by atomic mass is 32.2. The minimum absolute atomic E-state index is 0.0846. The quantitative estimate of drug-likeness (QED) is 0.749. The van der Waals surface area contributed by atoms with Crippen LogP contribution in [-0.2, 0) is 9.59 Å². The number of carbonyl (C=O) groups is 2. The van der Waals surface area contributed by atoms with Gasteiger partial charge in [-0.15, -0.1) is 0 Å². The van der Waals surface area contributed by atoms with E-state index in [9.17, 15) is 14.9 Å². The number of hydrogen-bond acceptors (Lipinski definition) is 5. The average molecular weight is 382 g/mol. The number of anilines is 1. The van der Waals surface area contributed by atoms with Gasteiger partial charge in [0.2, 0.25) is 11.8 Å². The van der Waals surface area contributed by atoms with Crippen molar-refractivity contribution in [3.8, 4) is 6.07 Å². The smallest absolute Gasteiger partial charge is 0.243 e. The Bertz CT molecular complexity index is 899. The number of rotatable bonds is 6. The van der Waals surface area contributed by atoms with Gasteiger partial charge in [0, 0.05) is 11.4 Å². The Balaban J connectivity index is 1.88. The van der Waals surface area contributed by atoms with E-state index in [1.54, 1.807) is 0 Å². The van der Waals surface area contributed by atoms with Gasteiger partial charge < -0.3 is 10.6 Å². The van der Waals surface area contributed by atoms with Gasteiger partial charge in [-0.25, -0.2) is 4.98 Å². The van der Waals surface area contributed by atoms with Crippen LogP contribution in [0.5, 0.6) is 0 Å². The van der Waals surface area contributed by atoms with Crippen LogP contribution < -0.4 is 10.6 Å². The average Bonchev–Trinajstić information content (AvgIpc) is 2.61. The Morgan fingerprint density at radius 2 is 1.78 bits per heavy atom. The molecule has 0 bridgehead atoms. The molecule has 7 heteroatoms. The molecule has 0 aliphatic heterocycles. The molecule has 1 aromatic carbocycles. The van der Waals surface area contributed by atoms with Crippen LogP contribution in [0.15, 0.2) is 29.3 Å². The van der Waals surface area contributed by atoms with Crippen LogP contribution in [0, 0.1) is 39.0 Å². The number of pyridine rings is 1. The number of aromatic nitrogens is 1. The molecular weight excluding hydrogens is 360 g/mol. The highest BCUT2D eigenvalue weighted by Crippen LogP contribution is 2.23. The molecule has 140 valence electrons. The van der Waals surface area contributed by atoms with Gasteiger partial charge in [-0.2, -0.15) is 5.26 Å². The lowest BCUT2D eigenvalue weighted by atomic mass is 10.1. The fourth-order valence-corrected chi connectivity index (χ4v) is 3.53. The van der Waals surface area contributed by atoms with Gasteiger partial charge in [0.1, 0.15) is 11.1 Å². The van der Waals surface area contributed by atoms with Crippen molar-refractivity contribution in [3.05, 3.63) is 52.2 Å². The first-order chi connectivity index (χ1) is 12.8. The summed E-state index contributed by atoms with van der Waals surface area (Å²) >= 11 is 1.19. The van der Waals surface area contributed by atoms with E-state index in [-0.39, 0.29) is 24.1 Å². The third-order valence-corrected chi connectivity index (χ3v) is 4.93. The first-order valence-corrected chi connectivity index (χ1v) is 9.44. The number of carbonyl (C=O) groups excluding carboxylic acids is 2. The van der Waals surface area contributed by atoms with Crippen LogP contribution in [0.2, 0.25) is 0 Å². The van der Waals surface area contributed by atoms with Crippen molar-refractivity contribution in [2.24, 2.45) is 0 Å². The molecule has 0 aliphatic rings. The molecule has 0 fully saturated rings. The summed E-state index contributed by atoms with van der Waals surface area (Å²) in [7, 11) is 0. The summed E-state index contributed by atoms with van der Waals surface area (Å²) in [5, 5.41) is 15.2. The maximum Gasteiger partial charge on any atom is 0.243 e. The molecule has 0 saturated heterocycles. The first kappa shape index (κ1) is 20.5. The molecule has 0 radical (unpaired) electrons. The first-order valence-electron chi connectivity index (χ1n) is 8.45.